The summed E-state index contributed by atoms with van der Waals surface area (Å²) in [5.74, 6) is 1.19. The Labute approximate surface area is 105 Å². The van der Waals surface area contributed by atoms with E-state index in [0.29, 0.717) is 18.4 Å². The van der Waals surface area contributed by atoms with Crippen molar-refractivity contribution in [2.75, 3.05) is 11.9 Å². The van der Waals surface area contributed by atoms with E-state index in [1.165, 1.54) is 0 Å². The molecule has 0 fully saturated rings. The molecule has 0 aliphatic carbocycles. The van der Waals surface area contributed by atoms with E-state index in [1.807, 2.05) is 0 Å². The number of nitrogens with two attached hydrogens (primary N) is 1. The normalized spacial score (nSPS) is 12.8. The Morgan fingerprint density at radius 2 is 1.88 bits per heavy atom. The number of anilines is 1. The summed E-state index contributed by atoms with van der Waals surface area (Å²) in [4.78, 5) is 8.27. The summed E-state index contributed by atoms with van der Waals surface area (Å²) in [6.07, 6.45) is 5.66. The number of halogens is 1. The van der Waals surface area contributed by atoms with Crippen LogP contribution in [0.25, 0.3) is 0 Å². The van der Waals surface area contributed by atoms with Gasteiger partial charge < -0.3 is 11.1 Å². The quantitative estimate of drug-likeness (QED) is 0.843. The molecule has 90 valence electrons. The minimum absolute atomic E-state index is 0.155. The maximum atomic E-state index is 6.09. The molecule has 0 amide bonds. The van der Waals surface area contributed by atoms with Gasteiger partial charge in [0.2, 0.25) is 5.95 Å². The van der Waals surface area contributed by atoms with Crippen molar-refractivity contribution >= 4 is 21.9 Å². The van der Waals surface area contributed by atoms with Crippen LogP contribution in [0.3, 0.4) is 0 Å². The van der Waals surface area contributed by atoms with E-state index in [4.69, 9.17) is 5.73 Å². The maximum absolute atomic E-state index is 6.09. The van der Waals surface area contributed by atoms with Crippen LogP contribution >= 0.6 is 15.9 Å². The van der Waals surface area contributed by atoms with Crippen LogP contribution in [0.2, 0.25) is 0 Å². The summed E-state index contributed by atoms with van der Waals surface area (Å²) in [6.45, 7) is 5.06. The molecule has 0 saturated heterocycles. The third-order valence-electron chi connectivity index (χ3n) is 2.77. The van der Waals surface area contributed by atoms with Crippen LogP contribution < -0.4 is 11.1 Å². The second-order valence-electron chi connectivity index (χ2n) is 3.85. The van der Waals surface area contributed by atoms with Crippen LogP contribution in [0.5, 0.6) is 0 Å². The van der Waals surface area contributed by atoms with Crippen molar-refractivity contribution in [2.45, 2.75) is 32.7 Å². The fraction of sp³-hybridized carbons (Fsp3) is 0.636. The molecular weight excluding hydrogens is 268 g/mol. The summed E-state index contributed by atoms with van der Waals surface area (Å²) in [7, 11) is 0. The van der Waals surface area contributed by atoms with Gasteiger partial charge >= 0.3 is 0 Å². The molecule has 4 nitrogen and oxygen atoms in total. The highest BCUT2D eigenvalue weighted by Crippen LogP contribution is 2.12. The van der Waals surface area contributed by atoms with Gasteiger partial charge in [-0.1, -0.05) is 26.7 Å². The zero-order chi connectivity index (χ0) is 12.0. The Kier molecular flexibility index (Phi) is 5.69. The lowest BCUT2D eigenvalue weighted by molar-refractivity contribution is 0.407. The summed E-state index contributed by atoms with van der Waals surface area (Å²) in [6, 6.07) is 0.155. The van der Waals surface area contributed by atoms with E-state index in [9.17, 15) is 0 Å². The van der Waals surface area contributed by atoms with Crippen molar-refractivity contribution in [3.05, 3.63) is 16.9 Å². The summed E-state index contributed by atoms with van der Waals surface area (Å²) in [5, 5.41) is 3.15. The van der Waals surface area contributed by atoms with Gasteiger partial charge in [-0.15, -0.1) is 0 Å². The third kappa shape index (κ3) is 4.06. The molecule has 1 heterocycles. The first-order valence-corrected chi connectivity index (χ1v) is 6.43. The van der Waals surface area contributed by atoms with Crippen molar-refractivity contribution < 1.29 is 0 Å². The number of nitrogens with one attached hydrogen (secondary N) is 1. The Morgan fingerprint density at radius 1 is 1.31 bits per heavy atom. The first-order chi connectivity index (χ1) is 7.67. The largest absolute Gasteiger partial charge is 0.353 e. The van der Waals surface area contributed by atoms with Crippen LogP contribution in [0, 0.1) is 5.92 Å². The molecule has 1 aromatic rings. The summed E-state index contributed by atoms with van der Waals surface area (Å²) >= 11 is 3.29. The highest BCUT2D eigenvalue weighted by Gasteiger charge is 2.13. The zero-order valence-electron chi connectivity index (χ0n) is 9.78. The Bertz CT molecular complexity index is 297. The van der Waals surface area contributed by atoms with Crippen molar-refractivity contribution in [1.29, 1.82) is 0 Å². The van der Waals surface area contributed by atoms with Crippen LogP contribution in [-0.2, 0) is 0 Å². The summed E-state index contributed by atoms with van der Waals surface area (Å²) < 4.78 is 0.877. The van der Waals surface area contributed by atoms with E-state index >= 15 is 0 Å². The van der Waals surface area contributed by atoms with Crippen LogP contribution in [0.4, 0.5) is 5.95 Å². The molecule has 1 atom stereocenters. The van der Waals surface area contributed by atoms with Gasteiger partial charge in [0, 0.05) is 25.0 Å². The molecule has 16 heavy (non-hydrogen) atoms. The second kappa shape index (κ2) is 6.81. The van der Waals surface area contributed by atoms with Crippen molar-refractivity contribution in [3.8, 4) is 0 Å². The van der Waals surface area contributed by atoms with Crippen LogP contribution in [0.15, 0.2) is 16.9 Å². The topological polar surface area (TPSA) is 63.8 Å². The van der Waals surface area contributed by atoms with E-state index in [1.54, 1.807) is 12.4 Å². The number of hydrogen-bond donors (Lipinski definition) is 2. The monoisotopic (exact) mass is 286 g/mol. The lowest BCUT2D eigenvalue weighted by Gasteiger charge is -2.21. The van der Waals surface area contributed by atoms with E-state index in [2.05, 4.69) is 45.1 Å². The van der Waals surface area contributed by atoms with Crippen LogP contribution in [-0.4, -0.2) is 22.6 Å². The minimum atomic E-state index is 0.155. The van der Waals surface area contributed by atoms with Gasteiger partial charge in [0.1, 0.15) is 0 Å². The minimum Gasteiger partial charge on any atom is -0.353 e. The van der Waals surface area contributed by atoms with E-state index < -0.39 is 0 Å². The van der Waals surface area contributed by atoms with Crippen LogP contribution in [0.1, 0.15) is 26.7 Å². The smallest absolute Gasteiger partial charge is 0.222 e. The number of nitrogens with zero attached hydrogens (tertiary/aromatic N) is 2. The molecule has 0 radical (unpaired) electrons. The Morgan fingerprint density at radius 3 is 2.38 bits per heavy atom. The molecule has 0 spiro atoms. The zero-order valence-corrected chi connectivity index (χ0v) is 11.4. The standard InChI is InChI=1S/C11H19BrN4/c1-3-8(4-2)10(13)7-16-11-14-5-9(12)6-15-11/h5-6,8,10H,3-4,7,13H2,1-2H3,(H,14,15,16). The Balaban J connectivity index is 2.42. The van der Waals surface area contributed by atoms with Crippen molar-refractivity contribution in [3.63, 3.8) is 0 Å². The average molecular weight is 287 g/mol. The van der Waals surface area contributed by atoms with Gasteiger partial charge in [-0.3, -0.25) is 0 Å². The molecule has 0 aliphatic heterocycles. The van der Waals surface area contributed by atoms with Gasteiger partial charge in [0.25, 0.3) is 0 Å². The first kappa shape index (κ1) is 13.4. The van der Waals surface area contributed by atoms with Gasteiger partial charge in [-0.25, -0.2) is 9.97 Å². The van der Waals surface area contributed by atoms with Gasteiger partial charge in [0.15, 0.2) is 0 Å². The second-order valence-corrected chi connectivity index (χ2v) is 4.76. The number of rotatable bonds is 6. The lowest BCUT2D eigenvalue weighted by Crippen LogP contribution is -2.36. The lowest BCUT2D eigenvalue weighted by atomic mass is 9.95. The highest BCUT2D eigenvalue weighted by molar-refractivity contribution is 9.10. The van der Waals surface area contributed by atoms with Crippen molar-refractivity contribution in [2.24, 2.45) is 11.7 Å². The first-order valence-electron chi connectivity index (χ1n) is 5.64. The third-order valence-corrected chi connectivity index (χ3v) is 3.18. The fourth-order valence-electron chi connectivity index (χ4n) is 1.67. The molecular formula is C11H19BrN4. The molecule has 0 aliphatic rings. The van der Waals surface area contributed by atoms with Crippen molar-refractivity contribution in [1.82, 2.24) is 9.97 Å². The summed E-state index contributed by atoms with van der Waals surface area (Å²) in [5.41, 5.74) is 6.09. The van der Waals surface area contributed by atoms with Gasteiger partial charge in [0.05, 0.1) is 4.47 Å². The highest BCUT2D eigenvalue weighted by atomic mass is 79.9. The average Bonchev–Trinajstić information content (AvgIpc) is 2.30. The molecule has 1 unspecified atom stereocenters. The predicted molar refractivity (Wildman–Crippen MR) is 70.3 cm³/mol. The SMILES string of the molecule is CCC(CC)C(N)CNc1ncc(Br)cn1. The molecule has 1 aromatic heterocycles. The molecule has 5 heteroatoms. The molecule has 0 aromatic carbocycles. The maximum Gasteiger partial charge on any atom is 0.222 e. The Hall–Kier alpha value is -0.680. The van der Waals surface area contributed by atoms with Gasteiger partial charge in [-0.2, -0.15) is 0 Å². The molecule has 0 bridgehead atoms. The number of hydrogen-bond acceptors (Lipinski definition) is 4. The predicted octanol–water partition coefficient (Wildman–Crippen LogP) is 2.41. The van der Waals surface area contributed by atoms with Gasteiger partial charge in [-0.05, 0) is 21.8 Å². The molecule has 3 N–H and O–H groups in total. The molecule has 1 rings (SSSR count). The molecule has 0 saturated carbocycles. The van der Waals surface area contributed by atoms with E-state index in [-0.39, 0.29) is 6.04 Å². The van der Waals surface area contributed by atoms with E-state index in [0.717, 1.165) is 17.3 Å². The fourth-order valence-corrected chi connectivity index (χ4v) is 1.88. The number of aromatic nitrogens is 2.